The van der Waals surface area contributed by atoms with Gasteiger partial charge in [0, 0.05) is 50.3 Å². The number of alkyl halides is 3. The summed E-state index contributed by atoms with van der Waals surface area (Å²) in [4.78, 5) is 33.0. The zero-order valence-electron chi connectivity index (χ0n) is 44.7. The van der Waals surface area contributed by atoms with Gasteiger partial charge in [-0.25, -0.2) is 4.39 Å². The van der Waals surface area contributed by atoms with Gasteiger partial charge in [-0.2, -0.15) is 18.2 Å². The molecule has 5 rings (SSSR count). The minimum atomic E-state index is -5.23. The maximum absolute atomic E-state index is 14.9. The van der Waals surface area contributed by atoms with Gasteiger partial charge >= 0.3 is 6.18 Å². The summed E-state index contributed by atoms with van der Waals surface area (Å²) >= 11 is 0.614. The van der Waals surface area contributed by atoms with Gasteiger partial charge in [-0.15, -0.1) is 0 Å². The molecule has 48 heavy (non-hydrogen) atoms. The van der Waals surface area contributed by atoms with Crippen molar-refractivity contribution in [2.75, 3.05) is 26.1 Å². The molecule has 4 aromatic rings. The Morgan fingerprint density at radius 3 is 2.38 bits per heavy atom. The fourth-order valence-electron chi connectivity index (χ4n) is 4.45. The molecule has 1 aliphatic carbocycles. The number of carbonyl (C=O) groups excluding carboxylic acids is 1. The molecule has 0 unspecified atom stereocenters. The van der Waals surface area contributed by atoms with Crippen LogP contribution in [-0.4, -0.2) is 51.3 Å². The van der Waals surface area contributed by atoms with E-state index < -0.39 is 168 Å². The van der Waals surface area contributed by atoms with Crippen LogP contribution in [0.15, 0.2) is 76.5 Å². The zero-order chi connectivity index (χ0) is 51.3. The highest BCUT2D eigenvalue weighted by atomic mass is 32.2. The molecule has 1 aromatic heterocycles. The second-order valence-corrected chi connectivity index (χ2v) is 11.0. The minimum Gasteiger partial charge on any atom is -0.336 e. The quantitative estimate of drug-likeness (QED) is 0.0821. The number of nitrogens with zero attached hydrogens (tertiary/aromatic N) is 4. The number of hydrogen-bond acceptors (Lipinski definition) is 5. The Kier molecular flexibility index (Phi) is 5.86. The van der Waals surface area contributed by atoms with Gasteiger partial charge in [0.1, 0.15) is 12.4 Å². The molecule has 0 spiro atoms. The Bertz CT molecular complexity index is 2640. The van der Waals surface area contributed by atoms with Gasteiger partial charge in [-0.05, 0) is 85.0 Å². The molecule has 0 saturated heterocycles. The normalized spacial score (nSPS) is 22.6. The van der Waals surface area contributed by atoms with Crippen molar-refractivity contribution < 1.29 is 48.4 Å². The van der Waals surface area contributed by atoms with Crippen molar-refractivity contribution >= 4 is 17.7 Å². The first-order chi connectivity index (χ1) is 30.3. The average molecular weight is 700 g/mol. The van der Waals surface area contributed by atoms with Crippen LogP contribution in [0.1, 0.15) is 79.8 Å². The molecule has 254 valence electrons. The first-order valence-corrected chi connectivity index (χ1v) is 15.2. The third-order valence-electron chi connectivity index (χ3n) is 6.88. The van der Waals surface area contributed by atoms with Gasteiger partial charge in [-0.1, -0.05) is 74.0 Å². The number of halogens is 4. The molecule has 0 atom stereocenters. The standard InChI is InChI=1S/C37H40F4N4O2S/c1-4-43(5-2)19-20-44(22-26-9-13-28(14-10-26)29-15-18-32(25(3)21-29)37(39,40)41)34(46)23-45-33-8-6-7-31(33)35(47)42-36(45)48-24-27-11-16-30(38)17-12-27/h9-18,21H,4-8,19-20,22-24H2,1-3H3/i4D2,5D2,6D2,7D2,8D2,9D,10D,13D,14D,15D,18D,21D,22D2. The Morgan fingerprint density at radius 2 is 1.71 bits per heavy atom. The number of carbonyl (C=O) groups is 1. The van der Waals surface area contributed by atoms with E-state index >= 15 is 0 Å². The summed E-state index contributed by atoms with van der Waals surface area (Å²) in [5.41, 5.74) is -9.03. The second kappa shape index (κ2) is 15.5. The molecule has 0 aliphatic heterocycles. The van der Waals surface area contributed by atoms with Crippen molar-refractivity contribution in [3.05, 3.63) is 116 Å². The lowest BCUT2D eigenvalue weighted by molar-refractivity contribution is -0.138. The van der Waals surface area contributed by atoms with Crippen LogP contribution in [0.2, 0.25) is 0 Å². The highest BCUT2D eigenvalue weighted by Gasteiger charge is 2.32. The molecule has 0 fully saturated rings. The molecule has 0 bridgehead atoms. The predicted octanol–water partition coefficient (Wildman–Crippen LogP) is 7.53. The van der Waals surface area contributed by atoms with Crippen molar-refractivity contribution in [1.29, 1.82) is 0 Å². The lowest BCUT2D eigenvalue weighted by atomic mass is 9.98. The molecule has 0 radical (unpaired) electrons. The van der Waals surface area contributed by atoms with Crippen molar-refractivity contribution in [3.63, 3.8) is 0 Å². The molecule has 3 aromatic carbocycles. The highest BCUT2D eigenvalue weighted by molar-refractivity contribution is 7.98. The molecular formula is C37H40F4N4O2S. The number of amides is 1. The van der Waals surface area contributed by atoms with Gasteiger partial charge in [0.2, 0.25) is 5.91 Å². The van der Waals surface area contributed by atoms with Crippen LogP contribution in [0.4, 0.5) is 17.6 Å². The summed E-state index contributed by atoms with van der Waals surface area (Å²) in [6.07, 6.45) is -15.6. The van der Waals surface area contributed by atoms with Crippen LogP contribution >= 0.6 is 11.8 Å². The Morgan fingerprint density at radius 1 is 1.02 bits per heavy atom. The highest BCUT2D eigenvalue weighted by Crippen LogP contribution is 2.34. The van der Waals surface area contributed by atoms with E-state index in [4.69, 9.17) is 23.3 Å². The smallest absolute Gasteiger partial charge is 0.336 e. The third kappa shape index (κ3) is 8.54. The van der Waals surface area contributed by atoms with Crippen LogP contribution in [0.3, 0.4) is 0 Å². The zero-order valence-corrected chi connectivity index (χ0v) is 26.5. The van der Waals surface area contributed by atoms with Gasteiger partial charge in [0.25, 0.3) is 5.56 Å². The first-order valence-electron chi connectivity index (χ1n) is 23.7. The minimum absolute atomic E-state index is 0.185. The van der Waals surface area contributed by atoms with E-state index in [1.165, 1.54) is 12.1 Å². The largest absolute Gasteiger partial charge is 0.416 e. The number of thioether (sulfide) groups is 1. The van der Waals surface area contributed by atoms with Gasteiger partial charge < -0.3 is 14.4 Å². The molecule has 11 heteroatoms. The topological polar surface area (TPSA) is 58.4 Å². The van der Waals surface area contributed by atoms with E-state index in [2.05, 4.69) is 4.98 Å². The molecule has 6 nitrogen and oxygen atoms in total. The molecule has 1 amide bonds. The molecular weight excluding hydrogens is 640 g/mol. The number of likely N-dealkylation sites (N-methyl/N-ethyl adjacent to an activating group) is 1. The summed E-state index contributed by atoms with van der Waals surface area (Å²) in [6.45, 7) is -9.47. The van der Waals surface area contributed by atoms with Crippen LogP contribution < -0.4 is 5.56 Å². The van der Waals surface area contributed by atoms with E-state index in [1.54, 1.807) is 0 Å². The summed E-state index contributed by atoms with van der Waals surface area (Å²) in [5, 5.41) is -0.567. The van der Waals surface area contributed by atoms with Crippen LogP contribution in [-0.2, 0) is 42.5 Å². The van der Waals surface area contributed by atoms with E-state index in [1.807, 2.05) is 0 Å². The Labute approximate surface area is 309 Å². The maximum Gasteiger partial charge on any atom is 0.416 e. The lowest BCUT2D eigenvalue weighted by Crippen LogP contribution is -2.40. The van der Waals surface area contributed by atoms with E-state index in [0.717, 1.165) is 32.9 Å². The second-order valence-electron chi connectivity index (χ2n) is 10.1. The van der Waals surface area contributed by atoms with Crippen molar-refractivity contribution in [1.82, 2.24) is 19.4 Å². The monoisotopic (exact) mass is 699 g/mol. The predicted molar refractivity (Wildman–Crippen MR) is 181 cm³/mol. The molecule has 1 aliphatic rings. The van der Waals surface area contributed by atoms with Crippen LogP contribution in [0.5, 0.6) is 0 Å². The van der Waals surface area contributed by atoms with Crippen molar-refractivity contribution in [2.45, 2.75) is 70.0 Å². The van der Waals surface area contributed by atoms with Gasteiger partial charge in [0.15, 0.2) is 5.16 Å². The SMILES string of the molecule is [2H]c1c([2H])c(C([2H])([2H])N(CCN(C([2H])([2H])C)C([2H])([2H])C)C(=O)Cn2c(SCc3ccc(F)cc3)nc(=O)c3c2C([2H])([2H])C([2H])([2H])C3([2H])[2H])c([2H])c([2H])c1-c1c([2H])c([2H])c(C(F)(F)F)c(C)c1[2H]. The number of fused-ring (bicyclic) bond motifs is 1. The Hall–Kier alpha value is -3.96. The summed E-state index contributed by atoms with van der Waals surface area (Å²) in [5.74, 6) is -2.35. The van der Waals surface area contributed by atoms with Gasteiger partial charge in [0.05, 0.1) is 17.9 Å². The summed E-state index contributed by atoms with van der Waals surface area (Å²) in [7, 11) is 0. The van der Waals surface area contributed by atoms with Crippen molar-refractivity contribution in [2.24, 2.45) is 0 Å². The molecule has 0 saturated carbocycles. The Balaban J connectivity index is 1.78. The fraction of sp³-hybridized carbons (Fsp3) is 0.378. The third-order valence-corrected chi connectivity index (χ3v) is 7.93. The van der Waals surface area contributed by atoms with E-state index in [-0.39, 0.29) is 10.7 Å². The van der Waals surface area contributed by atoms with E-state index in [9.17, 15) is 29.9 Å². The average Bonchev–Trinajstić information content (AvgIpc) is 3.28. The first kappa shape index (κ1) is 18.2. The number of hydrogen-bond donors (Lipinski definition) is 0. The summed E-state index contributed by atoms with van der Waals surface area (Å²) in [6, 6.07) is -4.22. The van der Waals surface area contributed by atoms with Crippen LogP contribution in [0.25, 0.3) is 11.1 Å². The summed E-state index contributed by atoms with van der Waals surface area (Å²) < 4.78 is 220. The van der Waals surface area contributed by atoms with Gasteiger partial charge in [-0.3, -0.25) is 9.59 Å². The number of rotatable bonds is 13. The lowest BCUT2D eigenvalue weighted by Gasteiger charge is -2.28. The maximum atomic E-state index is 14.9. The molecule has 1 heterocycles. The molecule has 0 N–H and O–H groups in total. The fourth-order valence-corrected chi connectivity index (χ4v) is 5.40. The number of benzene rings is 3. The van der Waals surface area contributed by atoms with E-state index in [0.29, 0.717) is 26.8 Å². The van der Waals surface area contributed by atoms with Crippen molar-refractivity contribution in [3.8, 4) is 11.1 Å². The number of aromatic nitrogens is 2. The van der Waals surface area contributed by atoms with Crippen LogP contribution in [0, 0.1) is 12.7 Å².